The molecule has 1 aromatic carbocycles. The lowest BCUT2D eigenvalue weighted by molar-refractivity contribution is -0.141. The molecule has 3 rings (SSSR count). The van der Waals surface area contributed by atoms with E-state index in [0.29, 0.717) is 5.70 Å². The first-order valence-electron chi connectivity index (χ1n) is 9.48. The molecule has 0 radical (unpaired) electrons. The number of nitrogens with zero attached hydrogens (tertiary/aromatic N) is 2. The van der Waals surface area contributed by atoms with E-state index in [2.05, 4.69) is 15.8 Å². The van der Waals surface area contributed by atoms with Gasteiger partial charge in [0.2, 0.25) is 11.8 Å². The lowest BCUT2D eigenvalue weighted by Crippen LogP contribution is -2.59. The number of hydrogen-bond donors (Lipinski definition) is 2. The van der Waals surface area contributed by atoms with Gasteiger partial charge in [-0.1, -0.05) is 49.2 Å². The summed E-state index contributed by atoms with van der Waals surface area (Å²) in [6.45, 7) is 3.66. The fourth-order valence-electron chi connectivity index (χ4n) is 3.46. The molecule has 27 heavy (non-hydrogen) atoms. The van der Waals surface area contributed by atoms with Crippen LogP contribution in [-0.2, 0) is 16.1 Å². The summed E-state index contributed by atoms with van der Waals surface area (Å²) in [7, 11) is 0. The molecule has 0 bridgehead atoms. The lowest BCUT2D eigenvalue weighted by atomic mass is 10.00. The molecule has 2 saturated heterocycles. The van der Waals surface area contributed by atoms with Crippen LogP contribution in [-0.4, -0.2) is 40.8 Å². The van der Waals surface area contributed by atoms with E-state index in [1.807, 2.05) is 30.3 Å². The number of urea groups is 1. The highest BCUT2D eigenvalue weighted by Crippen LogP contribution is 2.20. The van der Waals surface area contributed by atoms with Crippen molar-refractivity contribution in [1.29, 1.82) is 0 Å². The van der Waals surface area contributed by atoms with Gasteiger partial charge < -0.3 is 5.43 Å². The first-order chi connectivity index (χ1) is 13.1. The molecule has 2 N–H and O–H groups in total. The topological polar surface area (TPSA) is 81.8 Å². The summed E-state index contributed by atoms with van der Waals surface area (Å²) in [5.41, 5.74) is 4.60. The second-order valence-corrected chi connectivity index (χ2v) is 6.89. The number of carbonyl (C=O) groups is 3. The van der Waals surface area contributed by atoms with Crippen LogP contribution in [0.3, 0.4) is 0 Å². The third kappa shape index (κ3) is 4.54. The van der Waals surface area contributed by atoms with Gasteiger partial charge in [0.05, 0.1) is 6.54 Å². The van der Waals surface area contributed by atoms with E-state index < -0.39 is 23.8 Å². The molecule has 2 aliphatic rings. The SMILES string of the molecule is C/C=C(\NN1CCCCCC1)[C@@H]1C(=O)NC(=O)N(Cc2ccccc2)C1=O. The number of rotatable bonds is 5. The van der Waals surface area contributed by atoms with Crippen molar-refractivity contribution in [1.82, 2.24) is 20.7 Å². The fraction of sp³-hybridized carbons (Fsp3) is 0.450. The Morgan fingerprint density at radius 2 is 1.78 bits per heavy atom. The maximum absolute atomic E-state index is 13.0. The minimum Gasteiger partial charge on any atom is -0.322 e. The Labute approximate surface area is 159 Å². The van der Waals surface area contributed by atoms with Gasteiger partial charge in [-0.25, -0.2) is 9.80 Å². The van der Waals surface area contributed by atoms with E-state index in [-0.39, 0.29) is 6.54 Å². The van der Waals surface area contributed by atoms with Crippen molar-refractivity contribution in [3.05, 3.63) is 47.7 Å². The molecule has 144 valence electrons. The zero-order chi connectivity index (χ0) is 19.2. The van der Waals surface area contributed by atoms with Crippen molar-refractivity contribution in [2.75, 3.05) is 13.1 Å². The molecule has 2 aliphatic heterocycles. The molecule has 4 amide bonds. The highest BCUT2D eigenvalue weighted by Gasteiger charge is 2.42. The molecule has 2 fully saturated rings. The molecular formula is C20H26N4O3. The smallest absolute Gasteiger partial charge is 0.322 e. The standard InChI is InChI=1S/C20H26N4O3/c1-2-16(22-23-12-8-3-4-9-13-23)17-18(25)21-20(27)24(19(17)26)14-15-10-6-5-7-11-15/h2,5-7,10-11,17,22H,3-4,8-9,12-14H2,1H3,(H,21,25,27)/b16-2-/t17-/m1/s1. The first kappa shape index (κ1) is 19.1. The molecule has 0 unspecified atom stereocenters. The van der Waals surface area contributed by atoms with E-state index >= 15 is 0 Å². The largest absolute Gasteiger partial charge is 0.331 e. The van der Waals surface area contributed by atoms with Crippen molar-refractivity contribution in [2.24, 2.45) is 5.92 Å². The molecule has 7 heteroatoms. The van der Waals surface area contributed by atoms with E-state index in [1.165, 1.54) is 12.8 Å². The molecule has 0 aliphatic carbocycles. The van der Waals surface area contributed by atoms with E-state index in [0.717, 1.165) is 36.4 Å². The number of benzene rings is 1. The van der Waals surface area contributed by atoms with Crippen LogP contribution >= 0.6 is 0 Å². The normalized spacial score (nSPS) is 22.4. The van der Waals surface area contributed by atoms with E-state index in [1.54, 1.807) is 13.0 Å². The molecular weight excluding hydrogens is 344 g/mol. The monoisotopic (exact) mass is 370 g/mol. The Morgan fingerprint density at radius 1 is 1.11 bits per heavy atom. The number of carbonyl (C=O) groups excluding carboxylic acids is 3. The highest BCUT2D eigenvalue weighted by atomic mass is 16.2. The third-order valence-electron chi connectivity index (χ3n) is 4.95. The first-order valence-corrected chi connectivity index (χ1v) is 9.48. The Balaban J connectivity index is 1.76. The van der Waals surface area contributed by atoms with Crippen molar-refractivity contribution in [3.8, 4) is 0 Å². The Bertz CT molecular complexity index is 724. The second-order valence-electron chi connectivity index (χ2n) is 6.89. The number of hydrogen-bond acceptors (Lipinski definition) is 5. The van der Waals surface area contributed by atoms with Crippen LogP contribution in [0.15, 0.2) is 42.1 Å². The number of hydrazine groups is 1. The van der Waals surface area contributed by atoms with E-state index in [9.17, 15) is 14.4 Å². The molecule has 1 atom stereocenters. The van der Waals surface area contributed by atoms with Crippen LogP contribution < -0.4 is 10.7 Å². The van der Waals surface area contributed by atoms with E-state index in [4.69, 9.17) is 0 Å². The minimum atomic E-state index is -1.04. The van der Waals surface area contributed by atoms with Crippen LogP contribution in [0.1, 0.15) is 38.2 Å². The fourth-order valence-corrected chi connectivity index (χ4v) is 3.46. The summed E-state index contributed by atoms with van der Waals surface area (Å²) in [4.78, 5) is 38.8. The Morgan fingerprint density at radius 3 is 2.41 bits per heavy atom. The maximum atomic E-state index is 13.0. The number of barbiturate groups is 1. The molecule has 1 aromatic rings. The third-order valence-corrected chi connectivity index (χ3v) is 4.95. The summed E-state index contributed by atoms with van der Waals surface area (Å²) in [6, 6.07) is 8.59. The molecule has 0 saturated carbocycles. The van der Waals surface area contributed by atoms with Crippen molar-refractivity contribution < 1.29 is 14.4 Å². The zero-order valence-corrected chi connectivity index (χ0v) is 15.6. The van der Waals surface area contributed by atoms with Crippen LogP contribution in [0.5, 0.6) is 0 Å². The summed E-state index contributed by atoms with van der Waals surface area (Å²) in [6.07, 6.45) is 6.27. The second kappa shape index (κ2) is 8.81. The molecule has 7 nitrogen and oxygen atoms in total. The number of allylic oxidation sites excluding steroid dienone is 1. The number of amides is 4. The van der Waals surface area contributed by atoms with Crippen molar-refractivity contribution >= 4 is 17.8 Å². The molecule has 2 heterocycles. The summed E-state index contributed by atoms with van der Waals surface area (Å²) in [5, 5.41) is 4.38. The highest BCUT2D eigenvalue weighted by molar-refractivity contribution is 6.17. The molecule has 0 aromatic heterocycles. The van der Waals surface area contributed by atoms with Crippen LogP contribution in [0.2, 0.25) is 0 Å². The van der Waals surface area contributed by atoms with Crippen molar-refractivity contribution in [3.63, 3.8) is 0 Å². The van der Waals surface area contributed by atoms with Gasteiger partial charge in [-0.15, -0.1) is 0 Å². The maximum Gasteiger partial charge on any atom is 0.331 e. The van der Waals surface area contributed by atoms with Gasteiger partial charge in [0.25, 0.3) is 0 Å². The summed E-state index contributed by atoms with van der Waals surface area (Å²) < 4.78 is 0. The average molecular weight is 370 g/mol. The van der Waals surface area contributed by atoms with Gasteiger partial charge >= 0.3 is 6.03 Å². The van der Waals surface area contributed by atoms with Crippen LogP contribution in [0.25, 0.3) is 0 Å². The minimum absolute atomic E-state index is 0.135. The van der Waals surface area contributed by atoms with Crippen LogP contribution in [0, 0.1) is 5.92 Å². The van der Waals surface area contributed by atoms with Gasteiger partial charge in [-0.2, -0.15) is 0 Å². The lowest BCUT2D eigenvalue weighted by Gasteiger charge is -2.33. The number of nitrogens with one attached hydrogen (secondary N) is 2. The summed E-state index contributed by atoms with van der Waals surface area (Å²) in [5.74, 6) is -2.12. The Kier molecular flexibility index (Phi) is 6.24. The average Bonchev–Trinajstić information content (AvgIpc) is 2.93. The van der Waals surface area contributed by atoms with Gasteiger partial charge in [-0.05, 0) is 25.3 Å². The quantitative estimate of drug-likeness (QED) is 0.777. The summed E-state index contributed by atoms with van der Waals surface area (Å²) >= 11 is 0. The Hall–Kier alpha value is -2.67. The van der Waals surface area contributed by atoms with Crippen molar-refractivity contribution in [2.45, 2.75) is 39.2 Å². The predicted molar refractivity (Wildman–Crippen MR) is 101 cm³/mol. The molecule has 0 spiro atoms. The van der Waals surface area contributed by atoms with Gasteiger partial charge in [-0.3, -0.25) is 19.8 Å². The predicted octanol–water partition coefficient (Wildman–Crippen LogP) is 2.17. The van der Waals surface area contributed by atoms with Gasteiger partial charge in [0.1, 0.15) is 0 Å². The van der Waals surface area contributed by atoms with Gasteiger partial charge in [0.15, 0.2) is 5.92 Å². The van der Waals surface area contributed by atoms with Gasteiger partial charge in [0, 0.05) is 18.8 Å². The van der Waals surface area contributed by atoms with Crippen LogP contribution in [0.4, 0.5) is 4.79 Å². The zero-order valence-electron chi connectivity index (χ0n) is 15.6. The number of imide groups is 2.